The molecule has 112 valence electrons. The van der Waals surface area contributed by atoms with Gasteiger partial charge in [0.1, 0.15) is 6.33 Å². The van der Waals surface area contributed by atoms with Crippen LogP contribution in [0.3, 0.4) is 0 Å². The van der Waals surface area contributed by atoms with Crippen LogP contribution in [0.1, 0.15) is 18.3 Å². The van der Waals surface area contributed by atoms with Gasteiger partial charge in [-0.2, -0.15) is 0 Å². The van der Waals surface area contributed by atoms with Crippen LogP contribution >= 0.6 is 11.6 Å². The zero-order valence-electron chi connectivity index (χ0n) is 12.2. The van der Waals surface area contributed by atoms with Crippen LogP contribution in [0.5, 0.6) is 0 Å². The fourth-order valence-electron chi connectivity index (χ4n) is 1.76. The Morgan fingerprint density at radius 3 is 2.81 bits per heavy atom. The van der Waals surface area contributed by atoms with Gasteiger partial charge in [-0.3, -0.25) is 0 Å². The maximum Gasteiger partial charge on any atom is 0.191 e. The lowest BCUT2D eigenvalue weighted by Gasteiger charge is -2.11. The predicted octanol–water partition coefficient (Wildman–Crippen LogP) is 1.72. The van der Waals surface area contributed by atoms with Crippen LogP contribution < -0.4 is 10.6 Å². The SMILES string of the molecule is CCNC(=NCc1ccccc1Cl)NCc1nncn1C. The van der Waals surface area contributed by atoms with Crippen molar-refractivity contribution in [1.82, 2.24) is 25.4 Å². The fraction of sp³-hybridized carbons (Fsp3) is 0.357. The normalized spacial score (nSPS) is 11.5. The van der Waals surface area contributed by atoms with E-state index in [1.165, 1.54) is 0 Å². The van der Waals surface area contributed by atoms with Gasteiger partial charge in [-0.25, -0.2) is 4.99 Å². The fourth-order valence-corrected chi connectivity index (χ4v) is 1.96. The highest BCUT2D eigenvalue weighted by atomic mass is 35.5. The molecule has 1 aromatic heterocycles. The summed E-state index contributed by atoms with van der Waals surface area (Å²) >= 11 is 6.13. The van der Waals surface area contributed by atoms with Gasteiger partial charge in [0.05, 0.1) is 13.1 Å². The maximum atomic E-state index is 6.13. The molecular weight excluding hydrogens is 288 g/mol. The average molecular weight is 307 g/mol. The number of hydrogen-bond acceptors (Lipinski definition) is 3. The van der Waals surface area contributed by atoms with Gasteiger partial charge in [-0.1, -0.05) is 29.8 Å². The quantitative estimate of drug-likeness (QED) is 0.652. The van der Waals surface area contributed by atoms with Gasteiger partial charge in [-0.15, -0.1) is 10.2 Å². The average Bonchev–Trinajstić information content (AvgIpc) is 2.89. The molecule has 0 saturated carbocycles. The molecule has 0 fully saturated rings. The molecule has 0 bridgehead atoms. The van der Waals surface area contributed by atoms with Crippen LogP contribution in [0, 0.1) is 0 Å². The van der Waals surface area contributed by atoms with Crippen molar-refractivity contribution in [2.45, 2.75) is 20.0 Å². The van der Waals surface area contributed by atoms with Gasteiger partial charge in [0.25, 0.3) is 0 Å². The Balaban J connectivity index is 1.99. The van der Waals surface area contributed by atoms with Gasteiger partial charge in [0.2, 0.25) is 0 Å². The van der Waals surface area contributed by atoms with Gasteiger partial charge < -0.3 is 15.2 Å². The molecule has 0 saturated heterocycles. The first kappa shape index (κ1) is 15.3. The predicted molar refractivity (Wildman–Crippen MR) is 84.1 cm³/mol. The van der Waals surface area contributed by atoms with Crippen LogP contribution in [0.4, 0.5) is 0 Å². The van der Waals surface area contributed by atoms with Crippen molar-refractivity contribution in [3.63, 3.8) is 0 Å². The summed E-state index contributed by atoms with van der Waals surface area (Å²) < 4.78 is 1.87. The maximum absolute atomic E-state index is 6.13. The van der Waals surface area contributed by atoms with Crippen LogP contribution in [0.15, 0.2) is 35.6 Å². The standard InChI is InChI=1S/C14H19ClN6/c1-3-16-14(18-9-13-20-19-10-21(13)2)17-8-11-6-4-5-7-12(11)15/h4-7,10H,3,8-9H2,1-2H3,(H2,16,17,18). The Hall–Kier alpha value is -2.08. The molecule has 1 heterocycles. The monoisotopic (exact) mass is 306 g/mol. The number of rotatable bonds is 5. The van der Waals surface area contributed by atoms with E-state index in [0.717, 1.165) is 28.9 Å². The van der Waals surface area contributed by atoms with E-state index in [2.05, 4.69) is 25.8 Å². The lowest BCUT2D eigenvalue weighted by Crippen LogP contribution is -2.37. The summed E-state index contributed by atoms with van der Waals surface area (Å²) in [5.41, 5.74) is 0.995. The summed E-state index contributed by atoms with van der Waals surface area (Å²) in [4.78, 5) is 4.53. The van der Waals surface area contributed by atoms with E-state index in [9.17, 15) is 0 Å². The first-order valence-electron chi connectivity index (χ1n) is 6.79. The molecule has 0 aliphatic rings. The highest BCUT2D eigenvalue weighted by molar-refractivity contribution is 6.31. The second-order valence-electron chi connectivity index (χ2n) is 4.50. The van der Waals surface area contributed by atoms with E-state index in [-0.39, 0.29) is 0 Å². The van der Waals surface area contributed by atoms with Gasteiger partial charge >= 0.3 is 0 Å². The summed E-state index contributed by atoms with van der Waals surface area (Å²) in [7, 11) is 1.91. The minimum Gasteiger partial charge on any atom is -0.357 e. The number of aromatic nitrogens is 3. The number of nitrogens with zero attached hydrogens (tertiary/aromatic N) is 4. The van der Waals surface area contributed by atoms with E-state index in [0.29, 0.717) is 13.1 Å². The Morgan fingerprint density at radius 2 is 2.14 bits per heavy atom. The molecule has 2 aromatic rings. The van der Waals surface area contributed by atoms with E-state index < -0.39 is 0 Å². The number of aryl methyl sites for hydroxylation is 1. The highest BCUT2D eigenvalue weighted by Gasteiger charge is 2.03. The number of hydrogen-bond donors (Lipinski definition) is 2. The number of aliphatic imine (C=N–C) groups is 1. The highest BCUT2D eigenvalue weighted by Crippen LogP contribution is 2.15. The second kappa shape index (κ2) is 7.64. The molecular formula is C14H19ClN6. The zero-order valence-corrected chi connectivity index (χ0v) is 12.9. The van der Waals surface area contributed by atoms with Crippen molar-refractivity contribution in [3.8, 4) is 0 Å². The lowest BCUT2D eigenvalue weighted by molar-refractivity contribution is 0.726. The van der Waals surface area contributed by atoms with E-state index >= 15 is 0 Å². The van der Waals surface area contributed by atoms with Crippen molar-refractivity contribution >= 4 is 17.6 Å². The molecule has 7 heteroatoms. The molecule has 0 spiro atoms. The topological polar surface area (TPSA) is 67.1 Å². The van der Waals surface area contributed by atoms with Crippen molar-refractivity contribution in [1.29, 1.82) is 0 Å². The molecule has 0 aliphatic carbocycles. The summed E-state index contributed by atoms with van der Waals surface area (Å²) in [6, 6.07) is 7.70. The second-order valence-corrected chi connectivity index (χ2v) is 4.91. The summed E-state index contributed by atoms with van der Waals surface area (Å²) in [5, 5.41) is 15.0. The molecule has 0 unspecified atom stereocenters. The smallest absolute Gasteiger partial charge is 0.191 e. The molecule has 0 radical (unpaired) electrons. The third-order valence-electron chi connectivity index (χ3n) is 2.93. The largest absolute Gasteiger partial charge is 0.357 e. The van der Waals surface area contributed by atoms with Crippen molar-refractivity contribution < 1.29 is 0 Å². The first-order valence-corrected chi connectivity index (χ1v) is 7.17. The van der Waals surface area contributed by atoms with Crippen LogP contribution in [-0.4, -0.2) is 27.3 Å². The van der Waals surface area contributed by atoms with Crippen LogP contribution in [-0.2, 0) is 20.1 Å². The molecule has 0 aliphatic heterocycles. The third kappa shape index (κ3) is 4.46. The van der Waals surface area contributed by atoms with E-state index in [1.54, 1.807) is 6.33 Å². The molecule has 21 heavy (non-hydrogen) atoms. The van der Waals surface area contributed by atoms with Gasteiger partial charge in [0.15, 0.2) is 11.8 Å². The first-order chi connectivity index (χ1) is 10.2. The number of halogens is 1. The van der Waals surface area contributed by atoms with E-state index in [4.69, 9.17) is 11.6 Å². The van der Waals surface area contributed by atoms with Crippen molar-refractivity contribution in [2.24, 2.45) is 12.0 Å². The third-order valence-corrected chi connectivity index (χ3v) is 3.30. The Bertz CT molecular complexity index is 607. The zero-order chi connectivity index (χ0) is 15.1. The number of nitrogens with one attached hydrogen (secondary N) is 2. The van der Waals surface area contributed by atoms with E-state index in [1.807, 2.05) is 42.8 Å². The summed E-state index contributed by atoms with van der Waals surface area (Å²) in [6.45, 7) is 3.89. The molecule has 2 N–H and O–H groups in total. The van der Waals surface area contributed by atoms with Crippen molar-refractivity contribution in [2.75, 3.05) is 6.54 Å². The Labute approximate surface area is 129 Å². The minimum absolute atomic E-state index is 0.522. The van der Waals surface area contributed by atoms with Crippen LogP contribution in [0.25, 0.3) is 0 Å². The molecule has 0 amide bonds. The Kier molecular flexibility index (Phi) is 5.57. The lowest BCUT2D eigenvalue weighted by atomic mass is 10.2. The Morgan fingerprint density at radius 1 is 1.33 bits per heavy atom. The van der Waals surface area contributed by atoms with Gasteiger partial charge in [-0.05, 0) is 18.6 Å². The van der Waals surface area contributed by atoms with Crippen LogP contribution in [0.2, 0.25) is 5.02 Å². The number of benzene rings is 1. The number of guanidine groups is 1. The molecule has 2 rings (SSSR count). The van der Waals surface area contributed by atoms with Gasteiger partial charge in [0, 0.05) is 18.6 Å². The molecule has 6 nitrogen and oxygen atoms in total. The molecule has 0 atom stereocenters. The summed E-state index contributed by atoms with van der Waals surface area (Å²) in [6.07, 6.45) is 1.67. The summed E-state index contributed by atoms with van der Waals surface area (Å²) in [5.74, 6) is 1.57. The molecule has 1 aromatic carbocycles. The minimum atomic E-state index is 0.522. The van der Waals surface area contributed by atoms with Crippen molar-refractivity contribution in [3.05, 3.63) is 47.0 Å².